The summed E-state index contributed by atoms with van der Waals surface area (Å²) in [6, 6.07) is 29.7. The van der Waals surface area contributed by atoms with Gasteiger partial charge in [0.05, 0.1) is 76.8 Å². The number of nitrogens with zero attached hydrogens (tertiary/aromatic N) is 4. The topological polar surface area (TPSA) is 225 Å². The Bertz CT molecular complexity index is 2840. The minimum Gasteiger partial charge on any atom is -0.497 e. The number of nitriles is 1. The van der Waals surface area contributed by atoms with Crippen LogP contribution >= 0.6 is 8.53 Å². The summed E-state index contributed by atoms with van der Waals surface area (Å²) in [6.45, 7) is 7.80. The fourth-order valence-electron chi connectivity index (χ4n) is 8.52. The van der Waals surface area contributed by atoms with Crippen molar-refractivity contribution in [1.82, 2.24) is 14.2 Å². The number of nitrogens with one attached hydrogen (secondary N) is 1. The highest BCUT2D eigenvalue weighted by Crippen LogP contribution is 2.51. The van der Waals surface area contributed by atoms with E-state index in [0.717, 1.165) is 16.7 Å². The van der Waals surface area contributed by atoms with Crippen LogP contribution in [0.5, 0.6) is 23.0 Å². The molecule has 392 valence electrons. The van der Waals surface area contributed by atoms with E-state index in [2.05, 4.69) is 27.6 Å². The minimum absolute atomic E-state index is 0.0200. The highest BCUT2D eigenvalue weighted by atomic mass is 31.2. The van der Waals surface area contributed by atoms with Crippen molar-refractivity contribution in [1.29, 1.82) is 5.26 Å². The number of ether oxygens (including phenoxy) is 7. The number of hydrogen-bond donors (Lipinski definition) is 1. The van der Waals surface area contributed by atoms with Gasteiger partial charge in [-0.3, -0.25) is 29.3 Å². The average Bonchev–Trinajstić information content (AvgIpc) is 3.80. The Morgan fingerprint density at radius 1 is 0.892 bits per heavy atom. The van der Waals surface area contributed by atoms with Gasteiger partial charge in [0.1, 0.15) is 41.6 Å². The molecule has 74 heavy (non-hydrogen) atoms. The molecule has 1 aliphatic rings. The van der Waals surface area contributed by atoms with Crippen LogP contribution in [-0.2, 0) is 40.3 Å². The van der Waals surface area contributed by atoms with Crippen molar-refractivity contribution in [2.75, 3.05) is 41.7 Å². The summed E-state index contributed by atoms with van der Waals surface area (Å²) in [6.07, 6.45) is -0.626. The summed E-state index contributed by atoms with van der Waals surface area (Å²) in [4.78, 5) is 53.1. The maximum atomic E-state index is 13.7. The number of aromatic nitrogens is 2. The van der Waals surface area contributed by atoms with E-state index in [9.17, 15) is 29.8 Å². The highest BCUT2D eigenvalue weighted by Gasteiger charge is 2.45. The number of unbranched alkanes of at least 4 members (excludes halogenated alkanes) is 1. The van der Waals surface area contributed by atoms with E-state index in [1.165, 1.54) is 37.1 Å². The molecule has 1 unspecified atom stereocenters. The molecule has 0 radical (unpaired) electrons. The van der Waals surface area contributed by atoms with Gasteiger partial charge in [-0.2, -0.15) is 5.26 Å². The van der Waals surface area contributed by atoms with Gasteiger partial charge in [0, 0.05) is 37.5 Å². The third kappa shape index (κ3) is 13.7. The Kier molecular flexibility index (Phi) is 20.3. The van der Waals surface area contributed by atoms with Crippen LogP contribution in [0.3, 0.4) is 0 Å². The largest absolute Gasteiger partial charge is 0.497 e. The molecule has 19 nitrogen and oxygen atoms in total. The maximum absolute atomic E-state index is 13.7. The van der Waals surface area contributed by atoms with Gasteiger partial charge < -0.3 is 42.2 Å². The molecule has 1 saturated heterocycles. The maximum Gasteiger partial charge on any atom is 0.330 e. The van der Waals surface area contributed by atoms with Crippen molar-refractivity contribution in [3.8, 4) is 40.9 Å². The van der Waals surface area contributed by atoms with E-state index in [0.29, 0.717) is 11.5 Å². The van der Waals surface area contributed by atoms with Crippen molar-refractivity contribution < 1.29 is 51.9 Å². The molecule has 20 heteroatoms. The molecule has 2 heterocycles. The van der Waals surface area contributed by atoms with E-state index < -0.39 is 54.7 Å². The van der Waals surface area contributed by atoms with Crippen molar-refractivity contribution >= 4 is 20.2 Å². The van der Waals surface area contributed by atoms with Gasteiger partial charge in [-0.1, -0.05) is 66.4 Å². The summed E-state index contributed by atoms with van der Waals surface area (Å²) < 4.78 is 57.6. The zero-order valence-corrected chi connectivity index (χ0v) is 43.6. The number of hydrogen-bond acceptors (Lipinski definition) is 16. The van der Waals surface area contributed by atoms with Gasteiger partial charge >= 0.3 is 11.7 Å². The number of carbonyl (C=O) groups excluding carboxylic acids is 1. The summed E-state index contributed by atoms with van der Waals surface area (Å²) in [5.41, 5.74) is -0.503. The molecule has 0 amide bonds. The lowest BCUT2D eigenvalue weighted by Crippen LogP contribution is -2.39. The molecule has 0 aliphatic carbocycles. The van der Waals surface area contributed by atoms with Gasteiger partial charge in [-0.25, -0.2) is 9.46 Å². The molecule has 0 spiro atoms. The molecular weight excluding hydrogens is 974 g/mol. The number of aromatic amines is 1. The average molecular weight is 1040 g/mol. The second kappa shape index (κ2) is 26.7. The zero-order chi connectivity index (χ0) is 53.4. The van der Waals surface area contributed by atoms with Crippen molar-refractivity contribution in [2.45, 2.75) is 103 Å². The Morgan fingerprint density at radius 2 is 1.50 bits per heavy atom. The van der Waals surface area contributed by atoms with Crippen LogP contribution < -0.4 is 30.2 Å². The first-order valence-electron chi connectivity index (χ1n) is 24.0. The first-order valence-corrected chi connectivity index (χ1v) is 25.1. The number of methoxy groups -OCH3 is 4. The molecule has 4 atom stereocenters. The number of esters is 1. The molecule has 1 N–H and O–H groups in total. The number of rotatable bonds is 25. The monoisotopic (exact) mass is 1040 g/mol. The Balaban J connectivity index is 1.29. The van der Waals surface area contributed by atoms with Gasteiger partial charge in [0.2, 0.25) is 0 Å². The molecular formula is C54H62N5O14P. The first kappa shape index (κ1) is 56.2. The lowest BCUT2D eigenvalue weighted by atomic mass is 9.80. The van der Waals surface area contributed by atoms with Crippen molar-refractivity contribution in [3.05, 3.63) is 156 Å². The number of carbonyl (C=O) groups is 1. The van der Waals surface area contributed by atoms with Crippen LogP contribution in [-0.4, -0.2) is 91.1 Å². The van der Waals surface area contributed by atoms with Gasteiger partial charge in [0.15, 0.2) is 11.5 Å². The SMILES string of the molecule is COc1ccc(C(OC[C@H]2O[C@@H](n3cc(C#CCCCC(=O)OCc4cc(OC)c(OC)cc4[N+](=O)[O-])c(=O)[nH]c3=O)C[C@@H]2OP(OCCC#N)N(C(C)C)C(C)C)(c2ccccc2)c2ccc(OC)cc2)cc1. The second-order valence-electron chi connectivity index (χ2n) is 17.5. The summed E-state index contributed by atoms with van der Waals surface area (Å²) >= 11 is 0. The molecule has 4 aromatic carbocycles. The standard InChI is InChI=1S/C54H62N5O14P/c1-36(2)58(37(3)4)74(71-29-15-28-55)73-48-32-50(72-49(48)35-70-54(40-17-12-10-13-18-40,41-20-24-43(65-5)25-21-41)42-22-26-44(66-6)27-23-42)57-33-38(52(61)56-53(57)62)16-11-9-14-19-51(60)69-34-39-30-46(67-7)47(68-8)31-45(39)59(63)64/h10,12-13,17-18,20-27,30-31,33,36-37,48-50H,9,14-15,19,29,32,34-35H2,1-8H3,(H,56,61,62)/t48-,49+,50+,74?/m0/s1. The minimum atomic E-state index is -1.80. The number of benzene rings is 4. The Hall–Kier alpha value is -7.09. The van der Waals surface area contributed by atoms with Gasteiger partial charge in [-0.15, -0.1) is 0 Å². The number of H-pyrrole nitrogens is 1. The van der Waals surface area contributed by atoms with E-state index in [4.69, 9.17) is 42.2 Å². The Labute approximate surface area is 431 Å². The van der Waals surface area contributed by atoms with E-state index >= 15 is 0 Å². The highest BCUT2D eigenvalue weighted by molar-refractivity contribution is 7.44. The predicted molar refractivity (Wildman–Crippen MR) is 275 cm³/mol. The third-order valence-corrected chi connectivity index (χ3v) is 14.2. The van der Waals surface area contributed by atoms with Crippen LogP contribution in [0.1, 0.15) is 93.8 Å². The van der Waals surface area contributed by atoms with Gasteiger partial charge in [0.25, 0.3) is 19.8 Å². The Morgan fingerprint density at radius 3 is 2.07 bits per heavy atom. The lowest BCUT2D eigenvalue weighted by Gasteiger charge is -2.39. The van der Waals surface area contributed by atoms with Crippen LogP contribution in [0.2, 0.25) is 0 Å². The van der Waals surface area contributed by atoms with Crippen LogP contribution in [0.4, 0.5) is 5.69 Å². The summed E-state index contributed by atoms with van der Waals surface area (Å²) in [7, 11) is 4.14. The van der Waals surface area contributed by atoms with E-state index in [1.54, 1.807) is 14.2 Å². The fraction of sp³-hybridized carbons (Fsp3) is 0.407. The molecule has 0 bridgehead atoms. The lowest BCUT2D eigenvalue weighted by molar-refractivity contribution is -0.385. The second-order valence-corrected chi connectivity index (χ2v) is 18.9. The third-order valence-electron chi connectivity index (χ3n) is 12.1. The van der Waals surface area contributed by atoms with Crippen LogP contribution in [0.25, 0.3) is 0 Å². The molecule has 1 aliphatic heterocycles. The zero-order valence-electron chi connectivity index (χ0n) is 42.7. The molecule has 1 fully saturated rings. The smallest absolute Gasteiger partial charge is 0.330 e. The quantitative estimate of drug-likeness (QED) is 0.0110. The number of nitro groups is 1. The fourth-order valence-corrected chi connectivity index (χ4v) is 10.3. The molecule has 5 aromatic rings. The molecule has 1 aromatic heterocycles. The van der Waals surface area contributed by atoms with E-state index in [1.807, 2.05) is 107 Å². The van der Waals surface area contributed by atoms with Crippen molar-refractivity contribution in [2.24, 2.45) is 0 Å². The van der Waals surface area contributed by atoms with E-state index in [-0.39, 0.29) is 92.3 Å². The van der Waals surface area contributed by atoms with Crippen LogP contribution in [0.15, 0.2) is 107 Å². The van der Waals surface area contributed by atoms with Crippen LogP contribution in [0, 0.1) is 33.3 Å². The van der Waals surface area contributed by atoms with Crippen molar-refractivity contribution in [3.63, 3.8) is 0 Å². The molecule has 6 rings (SSSR count). The summed E-state index contributed by atoms with van der Waals surface area (Å²) in [5, 5.41) is 21.1. The molecule has 0 saturated carbocycles. The predicted octanol–water partition coefficient (Wildman–Crippen LogP) is 8.70. The number of nitro benzene ring substituents is 1. The van der Waals surface area contributed by atoms with Gasteiger partial charge in [-0.05, 0) is 81.1 Å². The normalized spacial score (nSPS) is 15.8. The first-order chi connectivity index (χ1) is 35.7. The summed E-state index contributed by atoms with van der Waals surface area (Å²) in [5.74, 6) is 6.83.